The van der Waals surface area contributed by atoms with Crippen LogP contribution in [0.25, 0.3) is 0 Å². The number of aliphatic carboxylic acids is 1. The zero-order chi connectivity index (χ0) is 15.1. The number of hydrogen-bond acceptors (Lipinski definition) is 4. The van der Waals surface area contributed by atoms with Gasteiger partial charge in [0, 0.05) is 10.6 Å². The molecule has 0 amide bonds. The second-order valence-electron chi connectivity index (χ2n) is 5.08. The molecule has 0 aromatic heterocycles. The molecule has 3 unspecified atom stereocenters. The predicted molar refractivity (Wildman–Crippen MR) is 82.2 cm³/mol. The number of carboxylic acids is 1. The number of benzene rings is 1. The first-order chi connectivity index (χ1) is 9.45. The number of phenolic OH excluding ortho intramolecular Hbond substituents is 1. The summed E-state index contributed by atoms with van der Waals surface area (Å²) in [6.45, 7) is 3.91. The van der Waals surface area contributed by atoms with Gasteiger partial charge in [0.2, 0.25) is 0 Å². The van der Waals surface area contributed by atoms with Crippen LogP contribution in [0.5, 0.6) is 5.75 Å². The standard InChI is InChI=1S/C14H19O4PS/c1-9(2)7-10(14(16)17)12(19-18)8-20-13-6-4-3-5-11(13)15/h3-6,9-10,12,15H,7-8H2,1-2H3,(H,16,17)/p+1. The molecular weight excluding hydrogens is 295 g/mol. The molecule has 0 aliphatic rings. The van der Waals surface area contributed by atoms with Crippen LogP contribution in [0.2, 0.25) is 0 Å². The van der Waals surface area contributed by atoms with Crippen molar-refractivity contribution in [2.24, 2.45) is 11.8 Å². The summed E-state index contributed by atoms with van der Waals surface area (Å²) in [7, 11) is -0.663. The zero-order valence-electron chi connectivity index (χ0n) is 11.6. The molecule has 6 heteroatoms. The van der Waals surface area contributed by atoms with Crippen LogP contribution >= 0.6 is 20.2 Å². The van der Waals surface area contributed by atoms with Gasteiger partial charge in [-0.3, -0.25) is 4.79 Å². The van der Waals surface area contributed by atoms with E-state index in [0.29, 0.717) is 17.1 Å². The molecule has 1 rings (SSSR count). The summed E-state index contributed by atoms with van der Waals surface area (Å²) < 4.78 is 11.4. The molecule has 0 saturated heterocycles. The molecule has 3 atom stereocenters. The van der Waals surface area contributed by atoms with Crippen molar-refractivity contribution >= 4 is 26.2 Å². The first kappa shape index (κ1) is 17.0. The van der Waals surface area contributed by atoms with Gasteiger partial charge in [-0.1, -0.05) is 30.5 Å². The van der Waals surface area contributed by atoms with Gasteiger partial charge in [0.1, 0.15) is 11.7 Å². The van der Waals surface area contributed by atoms with E-state index in [9.17, 15) is 19.6 Å². The van der Waals surface area contributed by atoms with Gasteiger partial charge in [0.15, 0.2) is 5.66 Å². The predicted octanol–water partition coefficient (Wildman–Crippen LogP) is 3.62. The molecule has 1 aromatic carbocycles. The van der Waals surface area contributed by atoms with Crippen molar-refractivity contribution in [3.05, 3.63) is 24.3 Å². The Bertz CT molecular complexity index is 464. The summed E-state index contributed by atoms with van der Waals surface area (Å²) in [5.41, 5.74) is -0.403. The smallest absolute Gasteiger partial charge is 0.329 e. The van der Waals surface area contributed by atoms with E-state index in [-0.39, 0.29) is 11.7 Å². The summed E-state index contributed by atoms with van der Waals surface area (Å²) in [6, 6.07) is 6.88. The van der Waals surface area contributed by atoms with E-state index in [2.05, 4.69) is 0 Å². The Morgan fingerprint density at radius 2 is 2.00 bits per heavy atom. The average molecular weight is 315 g/mol. The van der Waals surface area contributed by atoms with E-state index >= 15 is 0 Å². The summed E-state index contributed by atoms with van der Waals surface area (Å²) in [6.07, 6.45) is 0.510. The Hall–Kier alpha value is -1.06. The molecule has 1 aromatic rings. The van der Waals surface area contributed by atoms with Gasteiger partial charge in [-0.25, -0.2) is 0 Å². The molecule has 0 aliphatic carbocycles. The lowest BCUT2D eigenvalue weighted by molar-refractivity contribution is -0.142. The molecule has 110 valence electrons. The molecule has 0 spiro atoms. The van der Waals surface area contributed by atoms with E-state index in [0.717, 1.165) is 0 Å². The fourth-order valence-corrected chi connectivity index (χ4v) is 3.88. The van der Waals surface area contributed by atoms with E-state index in [4.69, 9.17) is 0 Å². The first-order valence-electron chi connectivity index (χ1n) is 6.47. The highest BCUT2D eigenvalue weighted by Crippen LogP contribution is 2.33. The van der Waals surface area contributed by atoms with Crippen LogP contribution in [0, 0.1) is 11.8 Å². The Morgan fingerprint density at radius 1 is 1.35 bits per heavy atom. The maximum Gasteiger partial charge on any atom is 0.329 e. The van der Waals surface area contributed by atoms with Crippen LogP contribution in [0.1, 0.15) is 20.3 Å². The van der Waals surface area contributed by atoms with Gasteiger partial charge in [-0.2, -0.15) is 0 Å². The molecule has 20 heavy (non-hydrogen) atoms. The van der Waals surface area contributed by atoms with E-state index < -0.39 is 26.0 Å². The molecular formula is C14H20O4PS+. The lowest BCUT2D eigenvalue weighted by Gasteiger charge is -2.16. The van der Waals surface area contributed by atoms with Crippen LogP contribution < -0.4 is 0 Å². The highest BCUT2D eigenvalue weighted by atomic mass is 32.2. The second kappa shape index (κ2) is 8.28. The number of thioether (sulfide) groups is 1. The number of carboxylic acid groups (broad SMARTS) is 1. The van der Waals surface area contributed by atoms with E-state index in [1.165, 1.54) is 11.8 Å². The maximum atomic E-state index is 11.4. The fourth-order valence-electron chi connectivity index (χ4n) is 1.94. The Kier molecular flexibility index (Phi) is 7.03. The summed E-state index contributed by atoms with van der Waals surface area (Å²) in [4.78, 5) is 12.0. The van der Waals surface area contributed by atoms with Crippen molar-refractivity contribution < 1.29 is 19.6 Å². The maximum absolute atomic E-state index is 11.4. The molecule has 0 saturated carbocycles. The number of hydrogen-bond donors (Lipinski definition) is 2. The van der Waals surface area contributed by atoms with Crippen LogP contribution in [0.4, 0.5) is 0 Å². The normalized spacial score (nSPS) is 14.3. The molecule has 0 radical (unpaired) electrons. The Morgan fingerprint density at radius 3 is 2.50 bits per heavy atom. The summed E-state index contributed by atoms with van der Waals surface area (Å²) in [5.74, 6) is -0.677. The average Bonchev–Trinajstić information content (AvgIpc) is 2.39. The number of para-hydroxylation sites is 1. The number of phenols is 1. The quantitative estimate of drug-likeness (QED) is 0.566. The minimum Gasteiger partial charge on any atom is -0.507 e. The minimum atomic E-state index is -0.898. The van der Waals surface area contributed by atoms with Crippen molar-refractivity contribution in [3.63, 3.8) is 0 Å². The van der Waals surface area contributed by atoms with Gasteiger partial charge >= 0.3 is 14.4 Å². The van der Waals surface area contributed by atoms with Gasteiger partial charge in [0.05, 0.1) is 0 Å². The van der Waals surface area contributed by atoms with Crippen LogP contribution in [-0.4, -0.2) is 27.6 Å². The van der Waals surface area contributed by atoms with Crippen LogP contribution in [-0.2, 0) is 9.36 Å². The lowest BCUT2D eigenvalue weighted by atomic mass is 9.94. The SMILES string of the molecule is CC(C)CC(C(=O)O)C(CSc1ccccc1O)[PH+]=O. The van der Waals surface area contributed by atoms with Crippen molar-refractivity contribution in [1.29, 1.82) is 0 Å². The van der Waals surface area contributed by atoms with Crippen molar-refractivity contribution in [2.45, 2.75) is 30.8 Å². The number of rotatable bonds is 8. The van der Waals surface area contributed by atoms with Gasteiger partial charge < -0.3 is 10.2 Å². The van der Waals surface area contributed by atoms with E-state index in [1.807, 2.05) is 13.8 Å². The minimum absolute atomic E-state index is 0.168. The largest absolute Gasteiger partial charge is 0.507 e. The van der Waals surface area contributed by atoms with Crippen molar-refractivity contribution in [1.82, 2.24) is 0 Å². The van der Waals surface area contributed by atoms with Crippen LogP contribution in [0.3, 0.4) is 0 Å². The van der Waals surface area contributed by atoms with Gasteiger partial charge in [0.25, 0.3) is 0 Å². The molecule has 0 bridgehead atoms. The Balaban J connectivity index is 2.72. The first-order valence-corrected chi connectivity index (χ1v) is 8.44. The molecule has 0 heterocycles. The lowest BCUT2D eigenvalue weighted by Crippen LogP contribution is -2.27. The summed E-state index contributed by atoms with van der Waals surface area (Å²) >= 11 is 1.35. The third-order valence-corrected chi connectivity index (χ3v) is 5.35. The van der Waals surface area contributed by atoms with Gasteiger partial charge in [-0.05, 0) is 24.5 Å². The fraction of sp³-hybridized carbons (Fsp3) is 0.500. The zero-order valence-corrected chi connectivity index (χ0v) is 13.4. The molecule has 0 fully saturated rings. The molecule has 4 nitrogen and oxygen atoms in total. The highest BCUT2D eigenvalue weighted by molar-refractivity contribution is 7.99. The number of carbonyl (C=O) groups is 1. The van der Waals surface area contributed by atoms with E-state index in [1.54, 1.807) is 24.3 Å². The van der Waals surface area contributed by atoms with Crippen molar-refractivity contribution in [3.8, 4) is 5.75 Å². The number of aromatic hydroxyl groups is 1. The topological polar surface area (TPSA) is 74.6 Å². The third-order valence-electron chi connectivity index (χ3n) is 2.96. The summed E-state index contributed by atoms with van der Waals surface area (Å²) in [5, 5.41) is 19.0. The van der Waals surface area contributed by atoms with Crippen molar-refractivity contribution in [2.75, 3.05) is 5.75 Å². The van der Waals surface area contributed by atoms with Gasteiger partial charge in [-0.15, -0.1) is 11.8 Å². The van der Waals surface area contributed by atoms with Crippen LogP contribution in [0.15, 0.2) is 29.2 Å². The monoisotopic (exact) mass is 315 g/mol. The molecule has 0 aliphatic heterocycles. The third kappa shape index (κ3) is 5.14. The second-order valence-corrected chi connectivity index (χ2v) is 7.12. The molecule has 2 N–H and O–H groups in total. The Labute approximate surface area is 124 Å². The highest BCUT2D eigenvalue weighted by Gasteiger charge is 2.34.